The summed E-state index contributed by atoms with van der Waals surface area (Å²) in [7, 11) is -20.7. The maximum atomic E-state index is 13.9. The molecule has 0 atom stereocenters. The minimum atomic E-state index is -7.33. The molecule has 0 aromatic carbocycles. The molecule has 0 aromatic heterocycles. The number of rotatable bonds is 6. The molecule has 156 valence electrons. The van der Waals surface area contributed by atoms with Gasteiger partial charge in [0.25, 0.3) is 20.0 Å². The van der Waals surface area contributed by atoms with Crippen LogP contribution in [0.15, 0.2) is 0 Å². The van der Waals surface area contributed by atoms with Crippen LogP contribution in [0.4, 0.5) is 30.7 Å². The SMILES string of the molecule is O=S(=O)(NS(=O)(=O)C(F)(F)C(F)(F)S(=O)(=O)N1CCCCC1)C(F)(F)F. The monoisotopic (exact) mass is 460 g/mol. The van der Waals surface area contributed by atoms with Crippen LogP contribution in [-0.4, -0.2) is 58.7 Å². The van der Waals surface area contributed by atoms with Crippen LogP contribution in [0.3, 0.4) is 0 Å². The van der Waals surface area contributed by atoms with Gasteiger partial charge in [-0.3, -0.25) is 0 Å². The molecule has 8 nitrogen and oxygen atoms in total. The van der Waals surface area contributed by atoms with Gasteiger partial charge in [-0.15, -0.1) is 0 Å². The summed E-state index contributed by atoms with van der Waals surface area (Å²) >= 11 is 0. The molecular formula is C8H11F7N2O6S3. The highest BCUT2D eigenvalue weighted by molar-refractivity contribution is 8.06. The van der Waals surface area contributed by atoms with Gasteiger partial charge in [0.15, 0.2) is 0 Å². The number of sulfonamides is 3. The van der Waals surface area contributed by atoms with Crippen molar-refractivity contribution in [2.75, 3.05) is 13.1 Å². The van der Waals surface area contributed by atoms with E-state index in [2.05, 4.69) is 0 Å². The summed E-state index contributed by atoms with van der Waals surface area (Å²) in [6.45, 7) is -1.30. The number of piperidine rings is 1. The van der Waals surface area contributed by atoms with E-state index in [9.17, 15) is 56.0 Å². The first kappa shape index (κ1) is 23.3. The number of nitrogens with one attached hydrogen (secondary N) is 1. The lowest BCUT2D eigenvalue weighted by molar-refractivity contribution is -0.100. The van der Waals surface area contributed by atoms with Crippen molar-refractivity contribution >= 4 is 30.1 Å². The van der Waals surface area contributed by atoms with E-state index in [1.807, 2.05) is 0 Å². The fourth-order valence-electron chi connectivity index (χ4n) is 1.82. The summed E-state index contributed by atoms with van der Waals surface area (Å²) < 4.78 is 158. The van der Waals surface area contributed by atoms with E-state index >= 15 is 0 Å². The molecule has 1 heterocycles. The van der Waals surface area contributed by atoms with Crippen molar-refractivity contribution in [3.63, 3.8) is 0 Å². The van der Waals surface area contributed by atoms with Crippen molar-refractivity contribution in [1.29, 1.82) is 0 Å². The molecule has 18 heteroatoms. The first-order valence-corrected chi connectivity index (χ1v) is 10.8. The predicted molar refractivity (Wildman–Crippen MR) is 71.3 cm³/mol. The molecule has 0 saturated carbocycles. The molecule has 1 saturated heterocycles. The third-order valence-electron chi connectivity index (χ3n) is 3.18. The minimum Gasteiger partial charge on any atom is -0.205 e. The Kier molecular flexibility index (Phi) is 6.02. The van der Waals surface area contributed by atoms with Crippen molar-refractivity contribution < 1.29 is 56.0 Å². The predicted octanol–water partition coefficient (Wildman–Crippen LogP) is 0.757. The number of alkyl halides is 7. The van der Waals surface area contributed by atoms with Gasteiger partial charge in [-0.05, 0) is 12.8 Å². The van der Waals surface area contributed by atoms with Gasteiger partial charge < -0.3 is 0 Å². The van der Waals surface area contributed by atoms with Gasteiger partial charge in [-0.2, -0.15) is 35.0 Å². The smallest absolute Gasteiger partial charge is 0.205 e. The van der Waals surface area contributed by atoms with Crippen molar-refractivity contribution in [2.45, 2.75) is 35.3 Å². The van der Waals surface area contributed by atoms with E-state index in [-0.39, 0.29) is 17.1 Å². The third kappa shape index (κ3) is 3.78. The number of nitrogens with zero attached hydrogens (tertiary/aromatic N) is 1. The van der Waals surface area contributed by atoms with Crippen LogP contribution < -0.4 is 4.13 Å². The molecule has 0 unspecified atom stereocenters. The third-order valence-corrected chi connectivity index (χ3v) is 8.55. The lowest BCUT2D eigenvalue weighted by atomic mass is 10.2. The molecule has 1 aliphatic heterocycles. The summed E-state index contributed by atoms with van der Waals surface area (Å²) in [5.41, 5.74) is -6.43. The first-order valence-electron chi connectivity index (χ1n) is 6.41. The summed E-state index contributed by atoms with van der Waals surface area (Å²) in [4.78, 5) is 0. The van der Waals surface area contributed by atoms with Crippen LogP contribution in [0.5, 0.6) is 0 Å². The van der Waals surface area contributed by atoms with Gasteiger partial charge in [0.05, 0.1) is 0 Å². The lowest BCUT2D eigenvalue weighted by Gasteiger charge is -2.32. The first-order chi connectivity index (χ1) is 11.3. The average molecular weight is 460 g/mol. The molecule has 0 aliphatic carbocycles. The largest absolute Gasteiger partial charge is 0.512 e. The van der Waals surface area contributed by atoms with Crippen molar-refractivity contribution in [2.24, 2.45) is 0 Å². The highest BCUT2D eigenvalue weighted by Crippen LogP contribution is 2.44. The van der Waals surface area contributed by atoms with Gasteiger partial charge in [0, 0.05) is 13.1 Å². The Labute approximate surface area is 143 Å². The Hall–Kier alpha value is -0.720. The highest BCUT2D eigenvalue weighted by atomic mass is 32.3. The average Bonchev–Trinajstić information content (AvgIpc) is 2.45. The number of hydrogen-bond acceptors (Lipinski definition) is 6. The maximum Gasteiger partial charge on any atom is 0.512 e. The van der Waals surface area contributed by atoms with Crippen LogP contribution >= 0.6 is 0 Å². The van der Waals surface area contributed by atoms with Crippen molar-refractivity contribution in [3.8, 4) is 0 Å². The van der Waals surface area contributed by atoms with E-state index < -0.39 is 63.3 Å². The fourth-order valence-corrected chi connectivity index (χ4v) is 6.09. The zero-order valence-electron chi connectivity index (χ0n) is 12.3. The van der Waals surface area contributed by atoms with Gasteiger partial charge in [0.1, 0.15) is 0 Å². The summed E-state index contributed by atoms with van der Waals surface area (Å²) in [6, 6.07) is 0. The molecule has 0 aromatic rings. The standard InChI is InChI=1S/C8H11F7N2O6S3/c9-6(10,24(18,19)16-25(20,21)8(13,14)15)7(11,12)26(22,23)17-4-2-1-3-5-17/h16H,1-5H2. The van der Waals surface area contributed by atoms with E-state index in [0.717, 1.165) is 0 Å². The van der Waals surface area contributed by atoms with Gasteiger partial charge in [-0.25, -0.2) is 25.3 Å². The summed E-state index contributed by atoms with van der Waals surface area (Å²) in [6.07, 6.45) is 0.361. The maximum absolute atomic E-state index is 13.9. The normalized spacial score (nSPS) is 19.5. The molecule has 1 N–H and O–H groups in total. The minimum absolute atomic E-state index is 0.00562. The topological polar surface area (TPSA) is 118 Å². The van der Waals surface area contributed by atoms with E-state index in [0.29, 0.717) is 6.42 Å². The molecule has 1 aliphatic rings. The van der Waals surface area contributed by atoms with Gasteiger partial charge in [-0.1, -0.05) is 10.5 Å². The Balaban J connectivity index is 3.37. The number of hydrogen-bond donors (Lipinski definition) is 1. The van der Waals surface area contributed by atoms with E-state index in [1.165, 1.54) is 0 Å². The Bertz CT molecular complexity index is 843. The van der Waals surface area contributed by atoms with Crippen LogP contribution in [-0.2, 0) is 30.1 Å². The van der Waals surface area contributed by atoms with Crippen LogP contribution in [0, 0.1) is 0 Å². The molecule has 1 rings (SSSR count). The van der Waals surface area contributed by atoms with E-state index in [4.69, 9.17) is 0 Å². The Morgan fingerprint density at radius 3 is 1.46 bits per heavy atom. The summed E-state index contributed by atoms with van der Waals surface area (Å²) in [5, 5.41) is -13.2. The van der Waals surface area contributed by atoms with Crippen LogP contribution in [0.2, 0.25) is 0 Å². The zero-order chi connectivity index (χ0) is 20.8. The quantitative estimate of drug-likeness (QED) is 0.585. The second-order valence-corrected chi connectivity index (χ2v) is 10.7. The van der Waals surface area contributed by atoms with Crippen LogP contribution in [0.25, 0.3) is 0 Å². The van der Waals surface area contributed by atoms with Crippen molar-refractivity contribution in [1.82, 2.24) is 8.43 Å². The van der Waals surface area contributed by atoms with Crippen molar-refractivity contribution in [3.05, 3.63) is 0 Å². The molecule has 1 fully saturated rings. The second kappa shape index (κ2) is 6.71. The summed E-state index contributed by atoms with van der Waals surface area (Å²) in [5.74, 6) is 0. The lowest BCUT2D eigenvalue weighted by Crippen LogP contribution is -2.61. The number of halogens is 7. The Morgan fingerprint density at radius 2 is 1.08 bits per heavy atom. The second-order valence-electron chi connectivity index (χ2n) is 5.03. The molecule has 0 radical (unpaired) electrons. The molecular weight excluding hydrogens is 449 g/mol. The van der Waals surface area contributed by atoms with Gasteiger partial charge >= 0.3 is 26.0 Å². The molecule has 0 bridgehead atoms. The van der Waals surface area contributed by atoms with Crippen LogP contribution in [0.1, 0.15) is 19.3 Å². The fraction of sp³-hybridized carbons (Fsp3) is 1.00. The molecule has 26 heavy (non-hydrogen) atoms. The van der Waals surface area contributed by atoms with E-state index in [1.54, 1.807) is 0 Å². The zero-order valence-corrected chi connectivity index (χ0v) is 14.8. The Morgan fingerprint density at radius 1 is 0.654 bits per heavy atom. The molecule has 0 spiro atoms. The van der Waals surface area contributed by atoms with Gasteiger partial charge in [0.2, 0.25) is 0 Å². The molecule has 0 amide bonds. The highest BCUT2D eigenvalue weighted by Gasteiger charge is 2.75.